The van der Waals surface area contributed by atoms with Gasteiger partial charge in [0.2, 0.25) is 5.91 Å². The lowest BCUT2D eigenvalue weighted by molar-refractivity contribution is -0.126. The Morgan fingerprint density at radius 1 is 1.21 bits per heavy atom. The molecule has 3 heterocycles. The Hall–Kier alpha value is -2.22. The van der Waals surface area contributed by atoms with Gasteiger partial charge in [0.05, 0.1) is 6.04 Å². The molecule has 0 unspecified atom stereocenters. The Morgan fingerprint density at radius 3 is 2.67 bits per heavy atom. The van der Waals surface area contributed by atoms with Crippen LogP contribution >= 0.6 is 0 Å². The maximum atomic E-state index is 12.2. The quantitative estimate of drug-likeness (QED) is 0.865. The Bertz CT molecular complexity index is 746. The zero-order chi connectivity index (χ0) is 16.7. The molecule has 2 aromatic rings. The van der Waals surface area contributed by atoms with E-state index in [1.807, 2.05) is 26.0 Å². The van der Waals surface area contributed by atoms with Crippen molar-refractivity contribution in [3.05, 3.63) is 18.0 Å². The minimum Gasteiger partial charge on any atom is -0.353 e. The van der Waals surface area contributed by atoms with E-state index in [0.717, 1.165) is 56.3 Å². The number of carbonyl (C=O) groups is 1. The zero-order valence-electron chi connectivity index (χ0n) is 14.1. The molecule has 2 fully saturated rings. The van der Waals surface area contributed by atoms with Gasteiger partial charge in [0.15, 0.2) is 11.5 Å². The van der Waals surface area contributed by atoms with Crippen molar-refractivity contribution in [3.63, 3.8) is 0 Å². The number of amides is 1. The summed E-state index contributed by atoms with van der Waals surface area (Å²) in [5.74, 6) is 1.88. The molecule has 0 spiro atoms. The van der Waals surface area contributed by atoms with Crippen LogP contribution in [0.25, 0.3) is 5.65 Å². The van der Waals surface area contributed by atoms with Crippen LogP contribution in [-0.4, -0.2) is 68.9 Å². The molecule has 4 rings (SSSR count). The lowest BCUT2D eigenvalue weighted by atomic mass is 10.2. The molecular formula is C16H23N7O. The lowest BCUT2D eigenvalue weighted by Gasteiger charge is -2.37. The van der Waals surface area contributed by atoms with Gasteiger partial charge in [-0.05, 0) is 38.8 Å². The molecule has 0 radical (unpaired) electrons. The molecular weight excluding hydrogens is 306 g/mol. The van der Waals surface area contributed by atoms with Crippen molar-refractivity contribution in [2.45, 2.75) is 38.8 Å². The summed E-state index contributed by atoms with van der Waals surface area (Å²) in [5.41, 5.74) is 0.764. The highest BCUT2D eigenvalue weighted by Crippen LogP contribution is 2.20. The first kappa shape index (κ1) is 15.3. The number of piperazine rings is 1. The van der Waals surface area contributed by atoms with Crippen LogP contribution in [0.3, 0.4) is 0 Å². The van der Waals surface area contributed by atoms with Gasteiger partial charge in [0, 0.05) is 32.2 Å². The van der Waals surface area contributed by atoms with E-state index in [4.69, 9.17) is 0 Å². The molecule has 1 atom stereocenters. The number of fused-ring (bicyclic) bond motifs is 1. The van der Waals surface area contributed by atoms with E-state index in [2.05, 4.69) is 30.4 Å². The highest BCUT2D eigenvalue weighted by molar-refractivity contribution is 5.81. The number of anilines is 1. The van der Waals surface area contributed by atoms with Gasteiger partial charge in [0.1, 0.15) is 5.82 Å². The summed E-state index contributed by atoms with van der Waals surface area (Å²) in [7, 11) is 0. The van der Waals surface area contributed by atoms with E-state index < -0.39 is 0 Å². The second kappa shape index (κ2) is 6.01. The van der Waals surface area contributed by atoms with Crippen LogP contribution in [0, 0.1) is 6.92 Å². The number of rotatable bonds is 4. The topological polar surface area (TPSA) is 78.7 Å². The van der Waals surface area contributed by atoms with Crippen LogP contribution in [0.2, 0.25) is 0 Å². The number of carbonyl (C=O) groups excluding carboxylic acids is 1. The van der Waals surface area contributed by atoms with Gasteiger partial charge in [0.25, 0.3) is 0 Å². The van der Waals surface area contributed by atoms with Crippen molar-refractivity contribution in [1.82, 2.24) is 30.0 Å². The van der Waals surface area contributed by atoms with Gasteiger partial charge >= 0.3 is 0 Å². The molecule has 2 aromatic heterocycles. The van der Waals surface area contributed by atoms with E-state index in [-0.39, 0.29) is 11.9 Å². The van der Waals surface area contributed by atoms with Gasteiger partial charge in [-0.15, -0.1) is 15.3 Å². The lowest BCUT2D eigenvalue weighted by Crippen LogP contribution is -2.54. The predicted molar refractivity (Wildman–Crippen MR) is 89.9 cm³/mol. The van der Waals surface area contributed by atoms with Crippen LogP contribution in [0.4, 0.5) is 5.82 Å². The number of aryl methyl sites for hydroxylation is 1. The number of nitrogens with one attached hydrogen (secondary N) is 1. The van der Waals surface area contributed by atoms with Gasteiger partial charge in [-0.3, -0.25) is 9.69 Å². The fourth-order valence-electron chi connectivity index (χ4n) is 3.11. The minimum atomic E-state index is -0.0664. The van der Waals surface area contributed by atoms with Crippen molar-refractivity contribution in [2.24, 2.45) is 0 Å². The molecule has 1 saturated heterocycles. The Kier molecular flexibility index (Phi) is 3.84. The molecule has 1 amide bonds. The average Bonchev–Trinajstić information content (AvgIpc) is 3.35. The maximum Gasteiger partial charge on any atom is 0.237 e. The number of hydrogen-bond donors (Lipinski definition) is 1. The minimum absolute atomic E-state index is 0.0664. The molecule has 1 saturated carbocycles. The molecule has 8 nitrogen and oxygen atoms in total. The largest absolute Gasteiger partial charge is 0.353 e. The van der Waals surface area contributed by atoms with Gasteiger partial charge in [-0.1, -0.05) is 0 Å². The molecule has 0 bridgehead atoms. The number of hydrogen-bond acceptors (Lipinski definition) is 6. The third-order valence-electron chi connectivity index (χ3n) is 4.89. The summed E-state index contributed by atoms with van der Waals surface area (Å²) >= 11 is 0. The van der Waals surface area contributed by atoms with E-state index in [9.17, 15) is 4.79 Å². The average molecular weight is 329 g/mol. The van der Waals surface area contributed by atoms with Gasteiger partial charge in [-0.2, -0.15) is 4.52 Å². The summed E-state index contributed by atoms with van der Waals surface area (Å²) in [6, 6.07) is 4.29. The first-order valence-corrected chi connectivity index (χ1v) is 8.60. The fraction of sp³-hybridized carbons (Fsp3) is 0.625. The third kappa shape index (κ3) is 2.93. The molecule has 128 valence electrons. The van der Waals surface area contributed by atoms with Crippen molar-refractivity contribution in [3.8, 4) is 0 Å². The van der Waals surface area contributed by atoms with Crippen LogP contribution in [0.15, 0.2) is 12.1 Å². The van der Waals surface area contributed by atoms with Crippen LogP contribution in [-0.2, 0) is 4.79 Å². The molecule has 24 heavy (non-hydrogen) atoms. The summed E-state index contributed by atoms with van der Waals surface area (Å²) < 4.78 is 1.77. The third-order valence-corrected chi connectivity index (χ3v) is 4.89. The molecule has 0 aromatic carbocycles. The van der Waals surface area contributed by atoms with Crippen LogP contribution < -0.4 is 10.2 Å². The first-order valence-electron chi connectivity index (χ1n) is 8.60. The zero-order valence-corrected chi connectivity index (χ0v) is 14.1. The SMILES string of the molecule is Cc1nnc2ccc(N3CCN([C@@H](C)C(=O)NC4CC4)CC3)nn12. The summed E-state index contributed by atoms with van der Waals surface area (Å²) in [6.07, 6.45) is 2.26. The Balaban J connectivity index is 1.39. The first-order chi connectivity index (χ1) is 11.6. The van der Waals surface area contributed by atoms with Crippen molar-refractivity contribution < 1.29 is 4.79 Å². The summed E-state index contributed by atoms with van der Waals surface area (Å²) in [5, 5.41) is 15.8. The number of nitrogens with zero attached hydrogens (tertiary/aromatic N) is 6. The Morgan fingerprint density at radius 2 is 1.96 bits per heavy atom. The molecule has 1 aliphatic carbocycles. The molecule has 1 N–H and O–H groups in total. The predicted octanol–water partition coefficient (Wildman–Crippen LogP) is 0.222. The molecule has 1 aliphatic heterocycles. The van der Waals surface area contributed by atoms with Crippen LogP contribution in [0.1, 0.15) is 25.6 Å². The Labute approximate surface area is 140 Å². The standard InChI is InChI=1S/C16H23N7O/c1-11(16(24)17-13-3-4-13)21-7-9-22(10-8-21)15-6-5-14-19-18-12(2)23(14)20-15/h5-6,11,13H,3-4,7-10H2,1-2H3,(H,17,24)/t11-/m0/s1. The van der Waals surface area contributed by atoms with E-state index in [1.165, 1.54) is 0 Å². The van der Waals surface area contributed by atoms with E-state index in [1.54, 1.807) is 4.52 Å². The smallest absolute Gasteiger partial charge is 0.237 e. The second-order valence-corrected chi connectivity index (χ2v) is 6.69. The summed E-state index contributed by atoms with van der Waals surface area (Å²) in [4.78, 5) is 16.7. The monoisotopic (exact) mass is 329 g/mol. The summed E-state index contributed by atoms with van der Waals surface area (Å²) in [6.45, 7) is 7.34. The van der Waals surface area contributed by atoms with Crippen molar-refractivity contribution in [1.29, 1.82) is 0 Å². The molecule has 8 heteroatoms. The van der Waals surface area contributed by atoms with Gasteiger partial charge in [-0.25, -0.2) is 0 Å². The van der Waals surface area contributed by atoms with E-state index >= 15 is 0 Å². The second-order valence-electron chi connectivity index (χ2n) is 6.69. The highest BCUT2D eigenvalue weighted by atomic mass is 16.2. The highest BCUT2D eigenvalue weighted by Gasteiger charge is 2.30. The van der Waals surface area contributed by atoms with Crippen molar-refractivity contribution in [2.75, 3.05) is 31.1 Å². The fourth-order valence-corrected chi connectivity index (χ4v) is 3.11. The number of aromatic nitrogens is 4. The molecule has 2 aliphatic rings. The normalized spacial score (nSPS) is 20.3. The van der Waals surface area contributed by atoms with Crippen molar-refractivity contribution >= 4 is 17.4 Å². The van der Waals surface area contributed by atoms with Crippen LogP contribution in [0.5, 0.6) is 0 Å². The van der Waals surface area contributed by atoms with Gasteiger partial charge < -0.3 is 10.2 Å². The maximum absolute atomic E-state index is 12.2. The van der Waals surface area contributed by atoms with E-state index in [0.29, 0.717) is 6.04 Å².